The van der Waals surface area contributed by atoms with Gasteiger partial charge in [-0.15, -0.1) is 24.0 Å². The Morgan fingerprint density at radius 3 is 2.75 bits per heavy atom. The standard InChI is InChI=1S/C13H26N6.HI/c1-5-6-7-15-13(14)16-9-12(18(2)3)11-8-17-19(4)10-11;/h8,10,12H,5-7,9H2,1-4H3,(H3,14,15,16);1H. The first kappa shape index (κ1) is 19.2. The number of nitrogens with two attached hydrogens (primary N) is 1. The fraction of sp³-hybridized carbons (Fsp3) is 0.692. The summed E-state index contributed by atoms with van der Waals surface area (Å²) < 4.78 is 1.80. The summed E-state index contributed by atoms with van der Waals surface area (Å²) in [7, 11) is 5.99. The predicted octanol–water partition coefficient (Wildman–Crippen LogP) is 1.35. The number of aryl methyl sites for hydroxylation is 1. The maximum atomic E-state index is 5.85. The van der Waals surface area contributed by atoms with Crippen molar-refractivity contribution in [2.75, 3.05) is 27.2 Å². The van der Waals surface area contributed by atoms with Crippen molar-refractivity contribution in [3.8, 4) is 0 Å². The highest BCUT2D eigenvalue weighted by molar-refractivity contribution is 14.0. The van der Waals surface area contributed by atoms with E-state index in [1.165, 1.54) is 0 Å². The van der Waals surface area contributed by atoms with Crippen LogP contribution in [0.2, 0.25) is 0 Å². The smallest absolute Gasteiger partial charge is 0.188 e. The van der Waals surface area contributed by atoms with E-state index in [0.717, 1.165) is 24.9 Å². The van der Waals surface area contributed by atoms with Crippen LogP contribution in [-0.4, -0.2) is 47.8 Å². The van der Waals surface area contributed by atoms with Gasteiger partial charge >= 0.3 is 0 Å². The summed E-state index contributed by atoms with van der Waals surface area (Å²) in [6.07, 6.45) is 6.15. The van der Waals surface area contributed by atoms with E-state index in [9.17, 15) is 0 Å². The third-order valence-corrected chi connectivity index (χ3v) is 3.00. The molecule has 0 amide bonds. The minimum atomic E-state index is 0. The number of nitrogens with one attached hydrogen (secondary N) is 1. The molecule has 0 saturated heterocycles. The van der Waals surface area contributed by atoms with Gasteiger partial charge in [0.1, 0.15) is 0 Å². The molecule has 1 aromatic heterocycles. The number of halogens is 1. The van der Waals surface area contributed by atoms with Crippen molar-refractivity contribution in [2.24, 2.45) is 17.8 Å². The predicted molar refractivity (Wildman–Crippen MR) is 94.5 cm³/mol. The molecule has 116 valence electrons. The molecule has 1 rings (SSSR count). The molecule has 0 spiro atoms. The topological polar surface area (TPSA) is 71.5 Å². The number of hydrogen-bond acceptors (Lipinski definition) is 3. The normalized spacial score (nSPS) is 13.2. The van der Waals surface area contributed by atoms with E-state index in [4.69, 9.17) is 5.73 Å². The Bertz CT molecular complexity index is 401. The van der Waals surface area contributed by atoms with Crippen LogP contribution in [-0.2, 0) is 7.05 Å². The first-order chi connectivity index (χ1) is 9.04. The summed E-state index contributed by atoms with van der Waals surface area (Å²) in [4.78, 5) is 6.53. The number of rotatable bonds is 7. The highest BCUT2D eigenvalue weighted by Crippen LogP contribution is 2.17. The van der Waals surface area contributed by atoms with Gasteiger partial charge in [0.05, 0.1) is 18.8 Å². The van der Waals surface area contributed by atoms with Crippen molar-refractivity contribution in [1.29, 1.82) is 0 Å². The third kappa shape index (κ3) is 6.56. The second kappa shape index (κ2) is 9.98. The molecule has 1 unspecified atom stereocenters. The van der Waals surface area contributed by atoms with Gasteiger partial charge in [0.2, 0.25) is 0 Å². The Morgan fingerprint density at radius 2 is 2.25 bits per heavy atom. The largest absolute Gasteiger partial charge is 0.370 e. The van der Waals surface area contributed by atoms with Crippen molar-refractivity contribution in [2.45, 2.75) is 25.8 Å². The van der Waals surface area contributed by atoms with E-state index in [1.807, 2.05) is 33.5 Å². The summed E-state index contributed by atoms with van der Waals surface area (Å²) in [5.74, 6) is 0.518. The van der Waals surface area contributed by atoms with Gasteiger partial charge in [-0.25, -0.2) is 0 Å². The van der Waals surface area contributed by atoms with Crippen LogP contribution in [0.1, 0.15) is 31.4 Å². The summed E-state index contributed by atoms with van der Waals surface area (Å²) in [5, 5.41) is 7.33. The Hall–Kier alpha value is -0.830. The Balaban J connectivity index is 0.00000361. The van der Waals surface area contributed by atoms with E-state index >= 15 is 0 Å². The van der Waals surface area contributed by atoms with Gasteiger partial charge in [0.25, 0.3) is 0 Å². The van der Waals surface area contributed by atoms with Crippen molar-refractivity contribution in [3.05, 3.63) is 18.0 Å². The molecule has 0 saturated carbocycles. The van der Waals surface area contributed by atoms with Crippen LogP contribution in [0, 0.1) is 0 Å². The molecule has 1 aromatic rings. The van der Waals surface area contributed by atoms with Gasteiger partial charge in [-0.1, -0.05) is 13.3 Å². The van der Waals surface area contributed by atoms with Crippen LogP contribution in [0.4, 0.5) is 0 Å². The third-order valence-electron chi connectivity index (χ3n) is 3.00. The van der Waals surface area contributed by atoms with E-state index in [2.05, 4.69) is 27.2 Å². The van der Waals surface area contributed by atoms with Gasteiger partial charge < -0.3 is 16.0 Å². The van der Waals surface area contributed by atoms with Gasteiger partial charge in [0.15, 0.2) is 5.96 Å². The minimum Gasteiger partial charge on any atom is -0.370 e. The van der Waals surface area contributed by atoms with Crippen LogP contribution >= 0.6 is 24.0 Å². The lowest BCUT2D eigenvalue weighted by Gasteiger charge is -2.21. The average molecular weight is 394 g/mol. The summed E-state index contributed by atoms with van der Waals surface area (Å²) in [6.45, 7) is 3.66. The molecular weight excluding hydrogens is 367 g/mol. The van der Waals surface area contributed by atoms with Crippen LogP contribution in [0.3, 0.4) is 0 Å². The summed E-state index contributed by atoms with van der Waals surface area (Å²) in [6, 6.07) is 0.195. The molecule has 1 atom stereocenters. The monoisotopic (exact) mass is 394 g/mol. The van der Waals surface area contributed by atoms with Crippen molar-refractivity contribution >= 4 is 29.9 Å². The lowest BCUT2D eigenvalue weighted by molar-refractivity contribution is 0.306. The van der Waals surface area contributed by atoms with Crippen LogP contribution in [0.5, 0.6) is 0 Å². The second-order valence-corrected chi connectivity index (χ2v) is 4.93. The van der Waals surface area contributed by atoms with Gasteiger partial charge in [0, 0.05) is 25.4 Å². The summed E-state index contributed by atoms with van der Waals surface area (Å²) >= 11 is 0. The minimum absolute atomic E-state index is 0. The first-order valence-corrected chi connectivity index (χ1v) is 6.73. The first-order valence-electron chi connectivity index (χ1n) is 6.73. The molecule has 0 bridgehead atoms. The zero-order chi connectivity index (χ0) is 14.3. The molecule has 1 heterocycles. The molecule has 0 aliphatic rings. The van der Waals surface area contributed by atoms with Gasteiger partial charge in [-0.2, -0.15) is 5.10 Å². The molecule has 20 heavy (non-hydrogen) atoms. The van der Waals surface area contributed by atoms with Crippen LogP contribution < -0.4 is 11.1 Å². The fourth-order valence-corrected chi connectivity index (χ4v) is 1.81. The highest BCUT2D eigenvalue weighted by atomic mass is 127. The Labute approximate surface area is 138 Å². The number of nitrogens with zero attached hydrogens (tertiary/aromatic N) is 4. The van der Waals surface area contributed by atoms with E-state index < -0.39 is 0 Å². The second-order valence-electron chi connectivity index (χ2n) is 4.93. The number of unbranched alkanes of at least 4 members (excludes halogenated alkanes) is 1. The van der Waals surface area contributed by atoms with E-state index in [0.29, 0.717) is 12.5 Å². The molecular formula is C13H27IN6. The van der Waals surface area contributed by atoms with Crippen molar-refractivity contribution in [1.82, 2.24) is 20.0 Å². The number of guanidine groups is 1. The van der Waals surface area contributed by atoms with Crippen molar-refractivity contribution in [3.63, 3.8) is 0 Å². The van der Waals surface area contributed by atoms with Crippen LogP contribution in [0.15, 0.2) is 17.4 Å². The van der Waals surface area contributed by atoms with Gasteiger partial charge in [-0.3, -0.25) is 9.67 Å². The van der Waals surface area contributed by atoms with E-state index in [1.54, 1.807) is 4.68 Å². The zero-order valence-corrected chi connectivity index (χ0v) is 15.2. The SMILES string of the molecule is CCCCNC(N)=NCC(c1cnn(C)c1)N(C)C.I. The number of aromatic nitrogens is 2. The maximum Gasteiger partial charge on any atom is 0.188 e. The number of aliphatic imine (C=N–C) groups is 1. The molecule has 7 heteroatoms. The molecule has 0 aliphatic heterocycles. The molecule has 0 radical (unpaired) electrons. The van der Waals surface area contributed by atoms with Crippen LogP contribution in [0.25, 0.3) is 0 Å². The molecule has 0 fully saturated rings. The highest BCUT2D eigenvalue weighted by Gasteiger charge is 2.15. The Morgan fingerprint density at radius 1 is 1.55 bits per heavy atom. The summed E-state index contributed by atoms with van der Waals surface area (Å²) in [5.41, 5.74) is 7.00. The van der Waals surface area contributed by atoms with Gasteiger partial charge in [-0.05, 0) is 20.5 Å². The lowest BCUT2D eigenvalue weighted by Crippen LogP contribution is -2.33. The molecule has 0 aromatic carbocycles. The zero-order valence-electron chi connectivity index (χ0n) is 12.8. The number of hydrogen-bond donors (Lipinski definition) is 2. The molecule has 6 nitrogen and oxygen atoms in total. The maximum absolute atomic E-state index is 5.85. The Kier molecular flexibility index (Phi) is 9.56. The average Bonchev–Trinajstić information content (AvgIpc) is 2.76. The van der Waals surface area contributed by atoms with Crippen molar-refractivity contribution < 1.29 is 0 Å². The molecule has 3 N–H and O–H groups in total. The molecule has 0 aliphatic carbocycles. The van der Waals surface area contributed by atoms with E-state index in [-0.39, 0.29) is 30.0 Å². The number of likely N-dealkylation sites (N-methyl/N-ethyl adjacent to an activating group) is 1. The fourth-order valence-electron chi connectivity index (χ4n) is 1.81. The quantitative estimate of drug-likeness (QED) is 0.317. The lowest BCUT2D eigenvalue weighted by atomic mass is 10.1.